The third kappa shape index (κ3) is 3.27. The average Bonchev–Trinajstić information content (AvgIpc) is 2.47. The molecular weight excluding hydrogens is 244 g/mol. The summed E-state index contributed by atoms with van der Waals surface area (Å²) in [5.41, 5.74) is 1.13. The summed E-state index contributed by atoms with van der Waals surface area (Å²) >= 11 is 0. The van der Waals surface area contributed by atoms with E-state index >= 15 is 0 Å². The van der Waals surface area contributed by atoms with E-state index in [1.54, 1.807) is 19.4 Å². The molecule has 2 aromatic rings. The summed E-state index contributed by atoms with van der Waals surface area (Å²) in [6.45, 7) is 0.679. The lowest BCUT2D eigenvalue weighted by atomic mass is 10.2. The summed E-state index contributed by atoms with van der Waals surface area (Å²) in [6, 6.07) is 4.19. The molecule has 0 aliphatic heterocycles. The molecule has 19 heavy (non-hydrogen) atoms. The zero-order valence-corrected chi connectivity index (χ0v) is 11.2. The van der Waals surface area contributed by atoms with Crippen molar-refractivity contribution in [2.24, 2.45) is 0 Å². The van der Waals surface area contributed by atoms with E-state index in [1.165, 1.54) is 7.11 Å². The van der Waals surface area contributed by atoms with Crippen molar-refractivity contribution in [1.29, 1.82) is 0 Å². The van der Waals surface area contributed by atoms with E-state index in [2.05, 4.69) is 25.3 Å². The molecule has 0 bridgehead atoms. The largest absolute Gasteiger partial charge is 0.467 e. The first-order chi connectivity index (χ1) is 9.22. The second-order valence-corrected chi connectivity index (χ2v) is 3.91. The van der Waals surface area contributed by atoms with Crippen LogP contribution in [0, 0.1) is 0 Å². The van der Waals surface area contributed by atoms with Crippen LogP contribution in [-0.2, 0) is 6.54 Å². The van der Waals surface area contributed by atoms with Crippen molar-refractivity contribution in [1.82, 2.24) is 19.9 Å². The highest BCUT2D eigenvalue weighted by molar-refractivity contribution is 5.38. The molecule has 0 unspecified atom stereocenters. The maximum absolute atomic E-state index is 5.06. The number of aromatic nitrogens is 4. The number of ether oxygens (including phenoxy) is 1. The first kappa shape index (κ1) is 13.0. The van der Waals surface area contributed by atoms with E-state index in [0.717, 1.165) is 5.56 Å². The maximum atomic E-state index is 5.06. The Morgan fingerprint density at radius 2 is 1.95 bits per heavy atom. The van der Waals surface area contributed by atoms with Gasteiger partial charge in [0.15, 0.2) is 0 Å². The fraction of sp³-hybridized carbons (Fsp3) is 0.333. The normalized spacial score (nSPS) is 10.1. The fourth-order valence-corrected chi connectivity index (χ4v) is 1.55. The molecule has 0 fully saturated rings. The standard InChI is InChI=1S/C12H16N6O/c1-13-10-15-11(17-12(16-10)19-3)18(2)8-9-4-6-14-7-5-9/h4-7H,8H2,1-3H3,(H,13,15,16,17). The minimum Gasteiger partial charge on any atom is -0.467 e. The van der Waals surface area contributed by atoms with E-state index in [0.29, 0.717) is 18.4 Å². The van der Waals surface area contributed by atoms with E-state index < -0.39 is 0 Å². The lowest BCUT2D eigenvalue weighted by molar-refractivity contribution is 0.379. The lowest BCUT2D eigenvalue weighted by Gasteiger charge is -2.17. The van der Waals surface area contributed by atoms with Crippen LogP contribution in [0.5, 0.6) is 6.01 Å². The summed E-state index contributed by atoms with van der Waals surface area (Å²) in [5, 5.41) is 2.88. The van der Waals surface area contributed by atoms with Crippen LogP contribution in [0.2, 0.25) is 0 Å². The number of methoxy groups -OCH3 is 1. The Labute approximate surface area is 111 Å². The zero-order valence-electron chi connectivity index (χ0n) is 11.2. The molecule has 0 saturated heterocycles. The molecule has 0 atom stereocenters. The van der Waals surface area contributed by atoms with Crippen LogP contribution in [0.25, 0.3) is 0 Å². The Hall–Kier alpha value is -2.44. The van der Waals surface area contributed by atoms with Gasteiger partial charge in [0.05, 0.1) is 7.11 Å². The van der Waals surface area contributed by atoms with Gasteiger partial charge in [-0.05, 0) is 17.7 Å². The van der Waals surface area contributed by atoms with Gasteiger partial charge in [-0.2, -0.15) is 15.0 Å². The van der Waals surface area contributed by atoms with Crippen LogP contribution < -0.4 is 15.0 Å². The quantitative estimate of drug-likeness (QED) is 0.857. The van der Waals surface area contributed by atoms with Gasteiger partial charge in [-0.25, -0.2) is 0 Å². The minimum atomic E-state index is 0.288. The van der Waals surface area contributed by atoms with Gasteiger partial charge < -0.3 is 15.0 Å². The molecule has 0 radical (unpaired) electrons. The fourth-order valence-electron chi connectivity index (χ4n) is 1.55. The number of nitrogens with zero attached hydrogens (tertiary/aromatic N) is 5. The van der Waals surface area contributed by atoms with Crippen molar-refractivity contribution < 1.29 is 4.74 Å². The summed E-state index contributed by atoms with van der Waals surface area (Å²) in [7, 11) is 5.19. The van der Waals surface area contributed by atoms with E-state index in [4.69, 9.17) is 4.74 Å². The molecule has 0 aliphatic carbocycles. The monoisotopic (exact) mass is 260 g/mol. The Morgan fingerprint density at radius 3 is 2.58 bits per heavy atom. The van der Waals surface area contributed by atoms with Gasteiger partial charge in [0.1, 0.15) is 0 Å². The molecule has 7 heteroatoms. The molecule has 0 saturated carbocycles. The molecule has 0 aromatic carbocycles. The van der Waals surface area contributed by atoms with Crippen molar-refractivity contribution in [2.45, 2.75) is 6.54 Å². The smallest absolute Gasteiger partial charge is 0.322 e. The van der Waals surface area contributed by atoms with Gasteiger partial charge >= 0.3 is 6.01 Å². The Morgan fingerprint density at radius 1 is 1.21 bits per heavy atom. The van der Waals surface area contributed by atoms with E-state index in [-0.39, 0.29) is 6.01 Å². The van der Waals surface area contributed by atoms with Crippen molar-refractivity contribution in [3.05, 3.63) is 30.1 Å². The van der Waals surface area contributed by atoms with Crippen molar-refractivity contribution in [3.63, 3.8) is 0 Å². The zero-order chi connectivity index (χ0) is 13.7. The summed E-state index contributed by atoms with van der Waals surface area (Å²) in [6.07, 6.45) is 3.52. The van der Waals surface area contributed by atoms with Crippen LogP contribution in [0.1, 0.15) is 5.56 Å². The summed E-state index contributed by atoms with van der Waals surface area (Å²) < 4.78 is 5.06. The van der Waals surface area contributed by atoms with Crippen LogP contribution >= 0.6 is 0 Å². The first-order valence-electron chi connectivity index (χ1n) is 5.81. The third-order valence-corrected chi connectivity index (χ3v) is 2.52. The molecule has 0 aliphatic rings. The molecule has 7 nitrogen and oxygen atoms in total. The van der Waals surface area contributed by atoms with Gasteiger partial charge in [0.25, 0.3) is 0 Å². The van der Waals surface area contributed by atoms with Crippen LogP contribution in [0.15, 0.2) is 24.5 Å². The number of hydrogen-bond donors (Lipinski definition) is 1. The van der Waals surface area contributed by atoms with Gasteiger partial charge in [-0.1, -0.05) is 0 Å². The molecule has 0 spiro atoms. The van der Waals surface area contributed by atoms with Crippen LogP contribution in [0.4, 0.5) is 11.9 Å². The molecule has 2 aromatic heterocycles. The number of rotatable bonds is 5. The Bertz CT molecular complexity index is 511. The molecule has 0 amide bonds. The predicted octanol–water partition coefficient (Wildman–Crippen LogP) is 0.953. The highest BCUT2D eigenvalue weighted by atomic mass is 16.5. The Kier molecular flexibility index (Phi) is 4.07. The number of hydrogen-bond acceptors (Lipinski definition) is 7. The van der Waals surface area contributed by atoms with Gasteiger partial charge in [0.2, 0.25) is 11.9 Å². The van der Waals surface area contributed by atoms with Gasteiger partial charge in [-0.15, -0.1) is 0 Å². The van der Waals surface area contributed by atoms with Crippen molar-refractivity contribution in [3.8, 4) is 6.01 Å². The predicted molar refractivity (Wildman–Crippen MR) is 72.3 cm³/mol. The highest BCUT2D eigenvalue weighted by Crippen LogP contribution is 2.15. The molecule has 100 valence electrons. The topological polar surface area (TPSA) is 76.1 Å². The van der Waals surface area contributed by atoms with Crippen molar-refractivity contribution >= 4 is 11.9 Å². The van der Waals surface area contributed by atoms with E-state index in [1.807, 2.05) is 24.1 Å². The molecule has 2 rings (SSSR count). The Balaban J connectivity index is 2.20. The SMILES string of the molecule is CNc1nc(OC)nc(N(C)Cc2ccncc2)n1. The third-order valence-electron chi connectivity index (χ3n) is 2.52. The highest BCUT2D eigenvalue weighted by Gasteiger charge is 2.10. The van der Waals surface area contributed by atoms with Crippen molar-refractivity contribution in [2.75, 3.05) is 31.4 Å². The summed E-state index contributed by atoms with van der Waals surface area (Å²) in [5.74, 6) is 1.02. The second-order valence-electron chi connectivity index (χ2n) is 3.91. The molecule has 2 heterocycles. The van der Waals surface area contributed by atoms with Gasteiger partial charge in [-0.3, -0.25) is 4.98 Å². The second kappa shape index (κ2) is 5.94. The van der Waals surface area contributed by atoms with Crippen LogP contribution in [-0.4, -0.2) is 41.1 Å². The van der Waals surface area contributed by atoms with E-state index in [9.17, 15) is 0 Å². The maximum Gasteiger partial charge on any atom is 0.322 e. The number of pyridine rings is 1. The lowest BCUT2D eigenvalue weighted by Crippen LogP contribution is -2.20. The minimum absolute atomic E-state index is 0.288. The molecular formula is C12H16N6O. The van der Waals surface area contributed by atoms with Crippen LogP contribution in [0.3, 0.4) is 0 Å². The number of anilines is 2. The first-order valence-corrected chi connectivity index (χ1v) is 5.81. The average molecular weight is 260 g/mol. The van der Waals surface area contributed by atoms with Gasteiger partial charge in [0, 0.05) is 33.0 Å². The molecule has 1 N–H and O–H groups in total. The number of nitrogens with one attached hydrogen (secondary N) is 1. The summed E-state index contributed by atoms with van der Waals surface area (Å²) in [4.78, 5) is 18.5.